The number of H-pyrrole nitrogens is 1. The molecule has 40 heavy (non-hydrogen) atoms. The molecule has 208 valence electrons. The summed E-state index contributed by atoms with van der Waals surface area (Å²) in [7, 11) is 3.00. The smallest absolute Gasteiger partial charge is 0.287 e. The Kier molecular flexibility index (Phi) is 6.58. The average molecular weight is 550 g/mol. The number of aliphatic hydroxyl groups is 1. The first-order valence-electron chi connectivity index (χ1n) is 12.3. The van der Waals surface area contributed by atoms with Crippen LogP contribution in [0.4, 0.5) is 4.39 Å². The van der Waals surface area contributed by atoms with Gasteiger partial charge in [0.25, 0.3) is 5.91 Å². The number of halogens is 1. The molecule has 12 heteroatoms. The first kappa shape index (κ1) is 26.9. The molecule has 11 nitrogen and oxygen atoms in total. The fraction of sp³-hybridized carbons (Fsp3) is 0.286. The summed E-state index contributed by atoms with van der Waals surface area (Å²) in [5.41, 5.74) is 5.21. The highest BCUT2D eigenvalue weighted by Crippen LogP contribution is 2.45. The van der Waals surface area contributed by atoms with Gasteiger partial charge in [-0.25, -0.2) is 14.4 Å². The van der Waals surface area contributed by atoms with Gasteiger partial charge in [-0.3, -0.25) is 9.59 Å². The van der Waals surface area contributed by atoms with Gasteiger partial charge in [0.15, 0.2) is 5.82 Å². The van der Waals surface area contributed by atoms with Gasteiger partial charge >= 0.3 is 0 Å². The van der Waals surface area contributed by atoms with Crippen molar-refractivity contribution in [3.05, 3.63) is 65.4 Å². The summed E-state index contributed by atoms with van der Waals surface area (Å²) in [5.74, 6) is -0.359. The van der Waals surface area contributed by atoms with Crippen LogP contribution >= 0.6 is 0 Å². The predicted molar refractivity (Wildman–Crippen MR) is 143 cm³/mol. The minimum Gasteiger partial charge on any atom is -0.497 e. The number of carbonyl (C=O) groups is 2. The third kappa shape index (κ3) is 4.56. The number of hydrogen-bond acceptors (Lipinski definition) is 8. The van der Waals surface area contributed by atoms with Crippen LogP contribution in [0.2, 0.25) is 0 Å². The number of primary amides is 1. The number of fused-ring (bicyclic) bond motifs is 2. The Morgan fingerprint density at radius 2 is 1.93 bits per heavy atom. The highest BCUT2D eigenvalue weighted by atomic mass is 19.1. The number of pyridine rings is 1. The molecular weight excluding hydrogens is 521 g/mol. The van der Waals surface area contributed by atoms with Gasteiger partial charge in [-0.1, -0.05) is 0 Å². The van der Waals surface area contributed by atoms with Crippen LogP contribution in [0.3, 0.4) is 0 Å². The Labute approximate surface area is 228 Å². The molecular formula is C28H28FN5O6. The zero-order valence-electron chi connectivity index (χ0n) is 22.3. The lowest BCUT2D eigenvalue weighted by Crippen LogP contribution is -2.41. The standard InChI is InChI=1S/C28H28FN5O6/c1-27(26(30)36)13-40-23-17(27)11-20(33-21(23)14-5-7-15(29)8-6-14)28(2,37)12-31-25(35)24-32-18-9-16(38-3)10-19(39-4)22(18)34-24/h5-11,37H,12-13H2,1-4H3,(H2,30,36)(H,31,35)(H,32,34)/t27-,28-/m0/s1. The number of carbonyl (C=O) groups excluding carboxylic acids is 2. The molecule has 1 aliphatic heterocycles. The van der Waals surface area contributed by atoms with Gasteiger partial charge < -0.3 is 35.4 Å². The van der Waals surface area contributed by atoms with Crippen molar-refractivity contribution in [1.82, 2.24) is 20.3 Å². The molecule has 0 aliphatic carbocycles. The van der Waals surface area contributed by atoms with E-state index in [1.807, 2.05) is 0 Å². The Bertz CT molecular complexity index is 1630. The van der Waals surface area contributed by atoms with Gasteiger partial charge in [-0.15, -0.1) is 0 Å². The Balaban J connectivity index is 1.48. The van der Waals surface area contributed by atoms with Crippen LogP contribution in [-0.2, 0) is 15.8 Å². The molecule has 0 spiro atoms. The Morgan fingerprint density at radius 1 is 1.20 bits per heavy atom. The number of aromatic amines is 1. The second-order valence-corrected chi connectivity index (χ2v) is 9.99. The summed E-state index contributed by atoms with van der Waals surface area (Å²) in [6.07, 6.45) is 0. The minimum absolute atomic E-state index is 0.000899. The van der Waals surface area contributed by atoms with Crippen LogP contribution in [-0.4, -0.2) is 59.2 Å². The number of rotatable bonds is 8. The van der Waals surface area contributed by atoms with E-state index in [9.17, 15) is 19.1 Å². The highest BCUT2D eigenvalue weighted by Gasteiger charge is 2.45. The highest BCUT2D eigenvalue weighted by molar-refractivity contribution is 5.96. The number of nitrogens with one attached hydrogen (secondary N) is 2. The van der Waals surface area contributed by atoms with Crippen molar-refractivity contribution in [2.45, 2.75) is 24.9 Å². The number of benzene rings is 2. The van der Waals surface area contributed by atoms with E-state index in [-0.39, 0.29) is 24.7 Å². The van der Waals surface area contributed by atoms with Gasteiger partial charge in [-0.05, 0) is 44.2 Å². The maximum absolute atomic E-state index is 13.6. The summed E-state index contributed by atoms with van der Waals surface area (Å²) < 4.78 is 30.1. The van der Waals surface area contributed by atoms with Gasteiger partial charge in [0, 0.05) is 23.3 Å². The lowest BCUT2D eigenvalue weighted by atomic mass is 9.82. The summed E-state index contributed by atoms with van der Waals surface area (Å²) in [6, 6.07) is 10.5. The number of ether oxygens (including phenoxy) is 3. The quantitative estimate of drug-likeness (QED) is 0.261. The van der Waals surface area contributed by atoms with E-state index in [4.69, 9.17) is 19.9 Å². The normalized spacial score (nSPS) is 17.6. The molecule has 5 rings (SSSR count). The van der Waals surface area contributed by atoms with Crippen molar-refractivity contribution in [3.63, 3.8) is 0 Å². The first-order valence-corrected chi connectivity index (χ1v) is 12.3. The predicted octanol–water partition coefficient (Wildman–Crippen LogP) is 2.55. The van der Waals surface area contributed by atoms with Gasteiger partial charge in [0.05, 0.1) is 32.0 Å². The number of aromatic nitrogens is 3. The Morgan fingerprint density at radius 3 is 2.58 bits per heavy atom. The summed E-state index contributed by atoms with van der Waals surface area (Å²) in [4.78, 5) is 37.3. The van der Waals surface area contributed by atoms with Crippen molar-refractivity contribution in [3.8, 4) is 28.5 Å². The summed E-state index contributed by atoms with van der Waals surface area (Å²) in [6.45, 7) is 2.84. The van der Waals surface area contributed by atoms with E-state index in [0.29, 0.717) is 45.1 Å². The van der Waals surface area contributed by atoms with Crippen molar-refractivity contribution in [2.24, 2.45) is 5.73 Å². The van der Waals surface area contributed by atoms with Crippen LogP contribution in [0.1, 0.15) is 35.7 Å². The van der Waals surface area contributed by atoms with Crippen molar-refractivity contribution < 1.29 is 33.3 Å². The molecule has 0 radical (unpaired) electrons. The molecule has 2 aromatic heterocycles. The molecule has 4 aromatic rings. The van der Waals surface area contributed by atoms with E-state index in [1.165, 1.54) is 45.4 Å². The van der Waals surface area contributed by atoms with E-state index >= 15 is 0 Å². The van der Waals surface area contributed by atoms with Gasteiger partial charge in [-0.2, -0.15) is 0 Å². The largest absolute Gasteiger partial charge is 0.497 e. The lowest BCUT2D eigenvalue weighted by Gasteiger charge is -2.26. The minimum atomic E-state index is -1.70. The lowest BCUT2D eigenvalue weighted by molar-refractivity contribution is -0.123. The zero-order valence-corrected chi connectivity index (χ0v) is 22.3. The maximum atomic E-state index is 13.6. The molecule has 0 unspecified atom stereocenters. The van der Waals surface area contributed by atoms with Crippen molar-refractivity contribution in [2.75, 3.05) is 27.4 Å². The number of hydrogen-bond donors (Lipinski definition) is 4. The van der Waals surface area contributed by atoms with E-state index in [0.717, 1.165) is 0 Å². The molecule has 3 heterocycles. The van der Waals surface area contributed by atoms with E-state index < -0.39 is 28.6 Å². The molecule has 0 saturated carbocycles. The topological polar surface area (TPSA) is 162 Å². The number of nitrogens with zero attached hydrogens (tertiary/aromatic N) is 2. The van der Waals surface area contributed by atoms with Gasteiger partial charge in [0.1, 0.15) is 51.9 Å². The number of nitrogens with two attached hydrogens (primary N) is 1. The third-order valence-electron chi connectivity index (χ3n) is 7.07. The fourth-order valence-electron chi connectivity index (χ4n) is 4.53. The number of methoxy groups -OCH3 is 2. The molecule has 5 N–H and O–H groups in total. The van der Waals surface area contributed by atoms with E-state index in [2.05, 4.69) is 20.3 Å². The molecule has 1 aliphatic rings. The molecule has 2 aromatic carbocycles. The van der Waals surface area contributed by atoms with Crippen LogP contribution < -0.4 is 25.3 Å². The second-order valence-electron chi connectivity index (χ2n) is 9.99. The van der Waals surface area contributed by atoms with Crippen LogP contribution in [0.25, 0.3) is 22.3 Å². The molecule has 0 fully saturated rings. The maximum Gasteiger partial charge on any atom is 0.287 e. The summed E-state index contributed by atoms with van der Waals surface area (Å²) >= 11 is 0. The van der Waals surface area contributed by atoms with Gasteiger partial charge in [0.2, 0.25) is 5.91 Å². The molecule has 0 saturated heterocycles. The SMILES string of the molecule is COc1cc(OC)c2nc(C(=O)NC[C@](C)(O)c3cc4c(c(-c5ccc(F)cc5)n3)OC[C@]4(C)C(N)=O)[nH]c2c1. The fourth-order valence-corrected chi connectivity index (χ4v) is 4.53. The average Bonchev–Trinajstić information content (AvgIpc) is 3.53. The second kappa shape index (κ2) is 9.79. The number of imidazole rings is 1. The van der Waals surface area contributed by atoms with Crippen molar-refractivity contribution >= 4 is 22.8 Å². The van der Waals surface area contributed by atoms with E-state index in [1.54, 1.807) is 25.1 Å². The Hall–Kier alpha value is -4.71. The summed E-state index contributed by atoms with van der Waals surface area (Å²) in [5, 5.41) is 14.1. The van der Waals surface area contributed by atoms with Crippen LogP contribution in [0.5, 0.6) is 17.2 Å². The van der Waals surface area contributed by atoms with Crippen LogP contribution in [0, 0.1) is 5.82 Å². The first-order chi connectivity index (χ1) is 19.0. The molecule has 2 amide bonds. The van der Waals surface area contributed by atoms with Crippen LogP contribution in [0.15, 0.2) is 42.5 Å². The third-order valence-corrected chi connectivity index (χ3v) is 7.07. The monoisotopic (exact) mass is 549 g/mol. The molecule has 0 bridgehead atoms. The van der Waals surface area contributed by atoms with Crippen molar-refractivity contribution in [1.29, 1.82) is 0 Å². The zero-order chi connectivity index (χ0) is 28.8. The molecule has 2 atom stereocenters. The number of amides is 2.